The Bertz CT molecular complexity index is 2090. The summed E-state index contributed by atoms with van der Waals surface area (Å²) in [4.78, 5) is 30.2. The third-order valence-electron chi connectivity index (χ3n) is 8.21. The van der Waals surface area contributed by atoms with E-state index in [2.05, 4.69) is 21.9 Å². The van der Waals surface area contributed by atoms with E-state index in [1.165, 1.54) is 32.0 Å². The van der Waals surface area contributed by atoms with Gasteiger partial charge in [0.1, 0.15) is 46.7 Å². The van der Waals surface area contributed by atoms with E-state index >= 15 is 8.78 Å². The van der Waals surface area contributed by atoms with E-state index in [0.29, 0.717) is 6.07 Å². The molecular weight excluding hydrogens is 719 g/mol. The summed E-state index contributed by atoms with van der Waals surface area (Å²) in [5.74, 6) is -9.25. The molecule has 4 aromatic rings. The number of primary amides is 1. The fourth-order valence-electron chi connectivity index (χ4n) is 6.02. The van der Waals surface area contributed by atoms with Crippen LogP contribution in [0.1, 0.15) is 97.1 Å². The van der Waals surface area contributed by atoms with Crippen molar-refractivity contribution in [2.24, 2.45) is 5.73 Å². The maximum absolute atomic E-state index is 15.1. The molecule has 0 saturated carbocycles. The monoisotopic (exact) mass is 752 g/mol. The van der Waals surface area contributed by atoms with Crippen LogP contribution in [0.25, 0.3) is 11.1 Å². The number of nitrogens with two attached hydrogens (primary N) is 1. The Kier molecular flexibility index (Phi) is 11.5. The summed E-state index contributed by atoms with van der Waals surface area (Å²) in [5.41, 5.74) is -1.26. The highest BCUT2D eigenvalue weighted by Gasteiger charge is 2.55. The van der Waals surface area contributed by atoms with Gasteiger partial charge in [-0.15, -0.1) is 0 Å². The lowest BCUT2D eigenvalue weighted by Gasteiger charge is -2.29. The largest absolute Gasteiger partial charge is 0.378 e. The molecule has 1 atom stereocenters. The summed E-state index contributed by atoms with van der Waals surface area (Å²) in [7, 11) is 0. The number of aromatic nitrogens is 3. The van der Waals surface area contributed by atoms with Gasteiger partial charge in [0.05, 0.1) is 16.8 Å². The van der Waals surface area contributed by atoms with E-state index in [0.717, 1.165) is 24.3 Å². The van der Waals surface area contributed by atoms with Crippen molar-refractivity contribution in [3.05, 3.63) is 105 Å². The van der Waals surface area contributed by atoms with Gasteiger partial charge in [-0.2, -0.15) is 13.9 Å². The van der Waals surface area contributed by atoms with Crippen LogP contribution in [0.5, 0.6) is 0 Å². The quantitative estimate of drug-likeness (QED) is 0.126. The molecule has 5 rings (SSSR count). The van der Waals surface area contributed by atoms with Crippen molar-refractivity contribution in [1.29, 1.82) is 0 Å². The van der Waals surface area contributed by atoms with Gasteiger partial charge in [0.2, 0.25) is 0 Å². The smallest absolute Gasteiger partial charge is 0.290 e. The summed E-state index contributed by atoms with van der Waals surface area (Å²) < 4.78 is 131. The molecule has 0 bridgehead atoms. The van der Waals surface area contributed by atoms with Gasteiger partial charge in [0.25, 0.3) is 24.2 Å². The third kappa shape index (κ3) is 9.08. The SMILES string of the molecule is C.CC(C)(O)C#Cc1ccc(-c2ccc(F)c(C(N)=O)c2)c([C@@H](CC(=O)Cn2nc(C(F)F)c3c2C(F)(F)CCC3(F)F)Cc2cc(F)cc(F)c2)n1. The predicted molar refractivity (Wildman–Crippen MR) is 175 cm³/mol. The van der Waals surface area contributed by atoms with Crippen LogP contribution in [0, 0.1) is 29.3 Å². The van der Waals surface area contributed by atoms with Crippen molar-refractivity contribution in [2.45, 2.75) is 83.3 Å². The number of halogens is 9. The molecule has 16 heteroatoms. The maximum Gasteiger partial charge on any atom is 0.290 e. The molecule has 53 heavy (non-hydrogen) atoms. The molecule has 1 aliphatic rings. The molecule has 1 aliphatic carbocycles. The lowest BCUT2D eigenvalue weighted by molar-refractivity contribution is -0.121. The highest BCUT2D eigenvalue weighted by molar-refractivity contribution is 5.94. The van der Waals surface area contributed by atoms with Gasteiger partial charge >= 0.3 is 0 Å². The molecule has 1 amide bonds. The minimum atomic E-state index is -4.09. The molecule has 0 aliphatic heterocycles. The summed E-state index contributed by atoms with van der Waals surface area (Å²) in [5, 5.41) is 13.5. The van der Waals surface area contributed by atoms with E-state index in [9.17, 15) is 45.4 Å². The van der Waals surface area contributed by atoms with Crippen LogP contribution in [0.15, 0.2) is 48.5 Å². The average molecular weight is 753 g/mol. The van der Waals surface area contributed by atoms with Crippen LogP contribution in [-0.2, 0) is 29.6 Å². The van der Waals surface area contributed by atoms with Crippen LogP contribution in [0.3, 0.4) is 0 Å². The number of amides is 1. The lowest BCUT2D eigenvalue weighted by Crippen LogP contribution is -2.33. The number of hydrogen-bond acceptors (Lipinski definition) is 5. The second-order valence-electron chi connectivity index (χ2n) is 12.9. The van der Waals surface area contributed by atoms with Crippen molar-refractivity contribution >= 4 is 11.7 Å². The normalized spacial score (nSPS) is 15.2. The van der Waals surface area contributed by atoms with E-state index in [1.807, 2.05) is 0 Å². The molecule has 3 N–H and O–H groups in total. The van der Waals surface area contributed by atoms with Gasteiger partial charge in [-0.25, -0.2) is 35.7 Å². The molecule has 0 unspecified atom stereocenters. The Morgan fingerprint density at radius 1 is 0.962 bits per heavy atom. The van der Waals surface area contributed by atoms with Gasteiger partial charge in [0, 0.05) is 36.8 Å². The molecule has 2 heterocycles. The van der Waals surface area contributed by atoms with Gasteiger partial charge in [-0.3, -0.25) is 14.3 Å². The fourth-order valence-corrected chi connectivity index (χ4v) is 6.02. The molecule has 0 fully saturated rings. The first kappa shape index (κ1) is 40.6. The summed E-state index contributed by atoms with van der Waals surface area (Å²) >= 11 is 0. The molecule has 0 saturated heterocycles. The number of carbonyl (C=O) groups is 2. The topological polar surface area (TPSA) is 111 Å². The maximum atomic E-state index is 15.1. The first-order valence-electron chi connectivity index (χ1n) is 15.6. The van der Waals surface area contributed by atoms with Gasteiger partial charge in [0.15, 0.2) is 5.78 Å². The minimum Gasteiger partial charge on any atom is -0.378 e. The van der Waals surface area contributed by atoms with Crippen molar-refractivity contribution in [2.75, 3.05) is 0 Å². The summed E-state index contributed by atoms with van der Waals surface area (Å²) in [6.07, 6.45) is -7.60. The zero-order chi connectivity index (χ0) is 38.3. The second-order valence-corrected chi connectivity index (χ2v) is 12.9. The highest BCUT2D eigenvalue weighted by atomic mass is 19.3. The standard InChI is InChI=1S/C36H29F9N4O3.CH4/c1-34(2,52)8-7-23-4-5-25(19-3-6-27(39)26(15-19)33(46)51)29(47-23)20(11-18-12-21(37)16-22(38)13-18)14-24(50)17-49-31-28(30(48-49)32(40)41)35(42,43)9-10-36(31,44)45;/h3-6,12-13,15-16,20,32,52H,9-11,14,17H2,1-2H3,(H2,46,51);1H4/t20-;/m1./s1. The molecule has 0 radical (unpaired) electrons. The highest BCUT2D eigenvalue weighted by Crippen LogP contribution is 2.52. The Morgan fingerprint density at radius 2 is 1.60 bits per heavy atom. The van der Waals surface area contributed by atoms with Crippen LogP contribution in [0.4, 0.5) is 39.5 Å². The number of nitrogens with zero attached hydrogens (tertiary/aromatic N) is 3. The molecule has 2 aromatic heterocycles. The lowest BCUT2D eigenvalue weighted by atomic mass is 9.86. The number of carbonyl (C=O) groups excluding carboxylic acids is 2. The van der Waals surface area contributed by atoms with Crippen LogP contribution < -0.4 is 5.73 Å². The number of ketones is 1. The number of rotatable bonds is 10. The number of hydrogen-bond donors (Lipinski definition) is 2. The zero-order valence-corrected chi connectivity index (χ0v) is 27.4. The second kappa shape index (κ2) is 15.1. The van der Waals surface area contributed by atoms with Crippen molar-refractivity contribution in [1.82, 2.24) is 14.8 Å². The van der Waals surface area contributed by atoms with Gasteiger partial charge < -0.3 is 10.8 Å². The van der Waals surface area contributed by atoms with Crippen molar-refractivity contribution in [3.8, 4) is 23.0 Å². The fraction of sp³-hybridized carbons (Fsp3) is 0.351. The molecule has 0 spiro atoms. The van der Waals surface area contributed by atoms with E-state index in [1.54, 1.807) is 0 Å². The van der Waals surface area contributed by atoms with Crippen LogP contribution >= 0.6 is 0 Å². The summed E-state index contributed by atoms with van der Waals surface area (Å²) in [6, 6.07) is 8.55. The van der Waals surface area contributed by atoms with Crippen molar-refractivity contribution in [3.63, 3.8) is 0 Å². The molecular formula is C37H33F9N4O3. The number of aliphatic hydroxyl groups is 1. The molecule has 2 aromatic carbocycles. The number of pyridine rings is 1. The zero-order valence-electron chi connectivity index (χ0n) is 27.4. The Balaban J connectivity index is 0.00000627. The Hall–Kier alpha value is -5.17. The van der Waals surface area contributed by atoms with Crippen molar-refractivity contribution < 1.29 is 54.2 Å². The number of Topliss-reactive ketones (excluding diaryl/α,β-unsaturated/α-hetero) is 1. The third-order valence-corrected chi connectivity index (χ3v) is 8.21. The average Bonchev–Trinajstić information content (AvgIpc) is 3.43. The molecule has 7 nitrogen and oxygen atoms in total. The Labute approximate surface area is 298 Å². The number of fused-ring (bicyclic) bond motifs is 1. The van der Waals surface area contributed by atoms with Crippen LogP contribution in [0.2, 0.25) is 0 Å². The predicted octanol–water partition coefficient (Wildman–Crippen LogP) is 8.12. The first-order chi connectivity index (χ1) is 24.1. The van der Waals surface area contributed by atoms with Gasteiger partial charge in [-0.05, 0) is 73.7 Å². The van der Waals surface area contributed by atoms with E-state index < -0.39 is 107 Å². The van der Waals surface area contributed by atoms with E-state index in [-0.39, 0.29) is 46.6 Å². The minimum absolute atomic E-state index is 0. The molecule has 282 valence electrons. The summed E-state index contributed by atoms with van der Waals surface area (Å²) in [6.45, 7) is 1.59. The first-order valence-corrected chi connectivity index (χ1v) is 15.6. The Morgan fingerprint density at radius 3 is 2.21 bits per heavy atom. The van der Waals surface area contributed by atoms with E-state index in [4.69, 9.17) is 5.73 Å². The number of benzene rings is 2. The number of alkyl halides is 6. The van der Waals surface area contributed by atoms with Gasteiger partial charge in [-0.1, -0.05) is 19.4 Å². The van der Waals surface area contributed by atoms with Crippen LogP contribution in [-0.4, -0.2) is 37.2 Å².